The number of ether oxygens (including phenoxy) is 1. The van der Waals surface area contributed by atoms with Crippen LogP contribution in [0, 0.1) is 0 Å². The molecule has 1 aliphatic heterocycles. The van der Waals surface area contributed by atoms with Crippen molar-refractivity contribution in [1.29, 1.82) is 0 Å². The predicted octanol–water partition coefficient (Wildman–Crippen LogP) is 2.69. The summed E-state index contributed by atoms with van der Waals surface area (Å²) in [6, 6.07) is 11.5. The molecule has 1 amide bonds. The highest BCUT2D eigenvalue weighted by molar-refractivity contribution is 6.04. The van der Waals surface area contributed by atoms with Crippen LogP contribution in [0.3, 0.4) is 0 Å². The fourth-order valence-corrected chi connectivity index (χ4v) is 2.48. The van der Waals surface area contributed by atoms with Crippen LogP contribution in [-0.2, 0) is 11.2 Å². The molecule has 106 valence electrons. The van der Waals surface area contributed by atoms with Crippen LogP contribution in [-0.4, -0.2) is 24.5 Å². The Morgan fingerprint density at radius 1 is 1.29 bits per heavy atom. The van der Waals surface area contributed by atoms with E-state index in [4.69, 9.17) is 4.74 Å². The van der Waals surface area contributed by atoms with Gasteiger partial charge < -0.3 is 4.74 Å². The lowest BCUT2D eigenvalue weighted by Gasteiger charge is -2.13. The highest BCUT2D eigenvalue weighted by Gasteiger charge is 2.23. The van der Waals surface area contributed by atoms with Crippen molar-refractivity contribution in [3.63, 3.8) is 0 Å². The lowest BCUT2D eigenvalue weighted by Crippen LogP contribution is -2.27. The highest BCUT2D eigenvalue weighted by Crippen LogP contribution is 2.25. The standard InChI is InChI=1S/C17H16N2O2/c1-21-15-7-3-2-5-13(15)8-9-16(20)19-12-10-14-6-4-11-18-17(14)19/h2-9,11H,10,12H2,1H3/b9-8+. The topological polar surface area (TPSA) is 42.4 Å². The van der Waals surface area contributed by atoms with Crippen molar-refractivity contribution in [3.05, 3.63) is 59.8 Å². The summed E-state index contributed by atoms with van der Waals surface area (Å²) in [5, 5.41) is 0. The molecular weight excluding hydrogens is 264 g/mol. The monoisotopic (exact) mass is 280 g/mol. The highest BCUT2D eigenvalue weighted by atomic mass is 16.5. The summed E-state index contributed by atoms with van der Waals surface area (Å²) < 4.78 is 5.27. The number of anilines is 1. The number of methoxy groups -OCH3 is 1. The Morgan fingerprint density at radius 3 is 3.00 bits per heavy atom. The summed E-state index contributed by atoms with van der Waals surface area (Å²) in [7, 11) is 1.62. The summed E-state index contributed by atoms with van der Waals surface area (Å²) >= 11 is 0. The fraction of sp³-hybridized carbons (Fsp3) is 0.176. The van der Waals surface area contributed by atoms with Gasteiger partial charge in [0.1, 0.15) is 11.6 Å². The normalized spacial score (nSPS) is 13.5. The third-order valence-electron chi connectivity index (χ3n) is 3.54. The largest absolute Gasteiger partial charge is 0.496 e. The second-order valence-electron chi connectivity index (χ2n) is 4.80. The smallest absolute Gasteiger partial charge is 0.252 e. The number of aromatic nitrogens is 1. The maximum atomic E-state index is 12.3. The summed E-state index contributed by atoms with van der Waals surface area (Å²) in [5.74, 6) is 1.46. The summed E-state index contributed by atoms with van der Waals surface area (Å²) in [6.45, 7) is 0.682. The van der Waals surface area contributed by atoms with E-state index in [2.05, 4.69) is 4.98 Å². The van der Waals surface area contributed by atoms with Crippen LogP contribution in [0.25, 0.3) is 6.08 Å². The minimum absolute atomic E-state index is 0.0571. The van der Waals surface area contributed by atoms with Crippen LogP contribution in [0.5, 0.6) is 5.75 Å². The van der Waals surface area contributed by atoms with Gasteiger partial charge in [0.2, 0.25) is 0 Å². The molecule has 1 aromatic heterocycles. The van der Waals surface area contributed by atoms with E-state index in [1.807, 2.05) is 36.4 Å². The molecule has 0 saturated heterocycles. The molecule has 4 nitrogen and oxygen atoms in total. The van der Waals surface area contributed by atoms with Gasteiger partial charge in [0, 0.05) is 24.4 Å². The number of rotatable bonds is 3. The lowest BCUT2D eigenvalue weighted by atomic mass is 10.2. The Morgan fingerprint density at radius 2 is 2.14 bits per heavy atom. The Bertz CT molecular complexity index is 695. The first-order valence-electron chi connectivity index (χ1n) is 6.86. The van der Waals surface area contributed by atoms with E-state index in [-0.39, 0.29) is 5.91 Å². The van der Waals surface area contributed by atoms with Gasteiger partial charge in [-0.3, -0.25) is 9.69 Å². The van der Waals surface area contributed by atoms with Gasteiger partial charge in [-0.25, -0.2) is 4.98 Å². The SMILES string of the molecule is COc1ccccc1/C=C/C(=O)N1CCc2cccnc21. The molecule has 21 heavy (non-hydrogen) atoms. The van der Waals surface area contributed by atoms with Gasteiger partial charge in [-0.05, 0) is 30.2 Å². The molecule has 0 radical (unpaired) electrons. The average Bonchev–Trinajstić information content (AvgIpc) is 2.97. The zero-order chi connectivity index (χ0) is 14.7. The molecule has 0 unspecified atom stereocenters. The van der Waals surface area contributed by atoms with Crippen molar-refractivity contribution < 1.29 is 9.53 Å². The first-order chi connectivity index (χ1) is 10.3. The molecule has 0 spiro atoms. The second-order valence-corrected chi connectivity index (χ2v) is 4.80. The zero-order valence-corrected chi connectivity index (χ0v) is 11.8. The van der Waals surface area contributed by atoms with Crippen LogP contribution in [0.4, 0.5) is 5.82 Å². The van der Waals surface area contributed by atoms with Crippen molar-refractivity contribution in [3.8, 4) is 5.75 Å². The predicted molar refractivity (Wildman–Crippen MR) is 82.3 cm³/mol. The molecule has 1 aromatic carbocycles. The van der Waals surface area contributed by atoms with Crippen molar-refractivity contribution >= 4 is 17.8 Å². The number of benzene rings is 1. The number of pyridine rings is 1. The third kappa shape index (κ3) is 2.65. The fourth-order valence-electron chi connectivity index (χ4n) is 2.48. The summed E-state index contributed by atoms with van der Waals surface area (Å²) in [4.78, 5) is 18.3. The van der Waals surface area contributed by atoms with Gasteiger partial charge >= 0.3 is 0 Å². The maximum Gasteiger partial charge on any atom is 0.252 e. The quantitative estimate of drug-likeness (QED) is 0.812. The molecule has 0 N–H and O–H groups in total. The van der Waals surface area contributed by atoms with E-state index in [0.29, 0.717) is 6.54 Å². The number of carbonyl (C=O) groups is 1. The van der Waals surface area contributed by atoms with Gasteiger partial charge in [0.15, 0.2) is 0 Å². The van der Waals surface area contributed by atoms with E-state index >= 15 is 0 Å². The van der Waals surface area contributed by atoms with E-state index in [1.54, 1.807) is 30.4 Å². The molecule has 0 atom stereocenters. The molecule has 0 aliphatic carbocycles. The number of nitrogens with zero attached hydrogens (tertiary/aromatic N) is 2. The van der Waals surface area contributed by atoms with Crippen LogP contribution < -0.4 is 9.64 Å². The molecule has 2 aromatic rings. The maximum absolute atomic E-state index is 12.3. The van der Waals surface area contributed by atoms with Gasteiger partial charge in [0.05, 0.1) is 7.11 Å². The summed E-state index contributed by atoms with van der Waals surface area (Å²) in [6.07, 6.45) is 5.93. The lowest BCUT2D eigenvalue weighted by molar-refractivity contribution is -0.114. The molecule has 4 heteroatoms. The number of fused-ring (bicyclic) bond motifs is 1. The van der Waals surface area contributed by atoms with Gasteiger partial charge in [-0.15, -0.1) is 0 Å². The van der Waals surface area contributed by atoms with Gasteiger partial charge in [-0.2, -0.15) is 0 Å². The third-order valence-corrected chi connectivity index (χ3v) is 3.54. The van der Waals surface area contributed by atoms with Crippen LogP contribution >= 0.6 is 0 Å². The van der Waals surface area contributed by atoms with Crippen molar-refractivity contribution in [2.45, 2.75) is 6.42 Å². The first-order valence-corrected chi connectivity index (χ1v) is 6.86. The van der Waals surface area contributed by atoms with Crippen molar-refractivity contribution in [2.75, 3.05) is 18.6 Å². The molecule has 0 saturated carbocycles. The Kier molecular flexibility index (Phi) is 3.69. The van der Waals surface area contributed by atoms with Crippen LogP contribution in [0.15, 0.2) is 48.7 Å². The van der Waals surface area contributed by atoms with E-state index in [9.17, 15) is 4.79 Å². The number of amides is 1. The Labute approximate surface area is 123 Å². The van der Waals surface area contributed by atoms with Crippen LogP contribution in [0.2, 0.25) is 0 Å². The van der Waals surface area contributed by atoms with Gasteiger partial charge in [-0.1, -0.05) is 24.3 Å². The van der Waals surface area contributed by atoms with E-state index < -0.39 is 0 Å². The Hall–Kier alpha value is -2.62. The van der Waals surface area contributed by atoms with Crippen LogP contribution in [0.1, 0.15) is 11.1 Å². The number of hydrogen-bond acceptors (Lipinski definition) is 3. The van der Waals surface area contributed by atoms with Crippen molar-refractivity contribution in [2.24, 2.45) is 0 Å². The molecule has 1 aliphatic rings. The Balaban J connectivity index is 1.80. The minimum Gasteiger partial charge on any atom is -0.496 e. The average molecular weight is 280 g/mol. The molecular formula is C17H16N2O2. The minimum atomic E-state index is -0.0571. The molecule has 2 heterocycles. The number of carbonyl (C=O) groups excluding carboxylic acids is 1. The van der Waals surface area contributed by atoms with E-state index in [0.717, 1.165) is 29.1 Å². The second kappa shape index (κ2) is 5.79. The number of hydrogen-bond donors (Lipinski definition) is 0. The van der Waals surface area contributed by atoms with E-state index in [1.165, 1.54) is 0 Å². The zero-order valence-electron chi connectivity index (χ0n) is 11.8. The van der Waals surface area contributed by atoms with Crippen molar-refractivity contribution in [1.82, 2.24) is 4.98 Å². The molecule has 0 fully saturated rings. The van der Waals surface area contributed by atoms with Gasteiger partial charge in [0.25, 0.3) is 5.91 Å². The molecule has 0 bridgehead atoms. The summed E-state index contributed by atoms with van der Waals surface area (Å²) in [5.41, 5.74) is 2.00. The first kappa shape index (κ1) is 13.4. The number of para-hydroxylation sites is 1. The molecule has 3 rings (SSSR count).